The summed E-state index contributed by atoms with van der Waals surface area (Å²) in [6.45, 7) is 4.29. The Balaban J connectivity index is 2.12. The second kappa shape index (κ2) is 5.90. The summed E-state index contributed by atoms with van der Waals surface area (Å²) in [5, 5.41) is 1.90. The van der Waals surface area contributed by atoms with Crippen molar-refractivity contribution < 1.29 is 17.9 Å². The molecule has 1 fully saturated rings. The van der Waals surface area contributed by atoms with Crippen molar-refractivity contribution in [2.24, 2.45) is 0 Å². The smallest absolute Gasteiger partial charge is 0.379 e. The molecular weight excluding hydrogens is 257 g/mol. The third-order valence-electron chi connectivity index (χ3n) is 3.12. The standard InChI is InChI=1S/C13H17F3N2O/c1-10(17-18-6-8-19-9-7-18)11-4-2-3-5-12(11)13(14,15)16/h2-5,10,17H,6-9H2,1H3. The number of nitrogens with one attached hydrogen (secondary N) is 1. The molecule has 1 atom stereocenters. The van der Waals surface area contributed by atoms with E-state index in [1.165, 1.54) is 12.1 Å². The van der Waals surface area contributed by atoms with E-state index in [1.54, 1.807) is 13.0 Å². The van der Waals surface area contributed by atoms with Gasteiger partial charge in [-0.25, -0.2) is 10.4 Å². The largest absolute Gasteiger partial charge is 0.416 e. The molecule has 1 N–H and O–H groups in total. The lowest BCUT2D eigenvalue weighted by Crippen LogP contribution is -2.46. The Hall–Kier alpha value is -1.11. The fourth-order valence-electron chi connectivity index (χ4n) is 2.17. The van der Waals surface area contributed by atoms with Crippen molar-refractivity contribution in [1.82, 2.24) is 10.4 Å². The highest BCUT2D eigenvalue weighted by Crippen LogP contribution is 2.34. The van der Waals surface area contributed by atoms with Gasteiger partial charge in [0.2, 0.25) is 0 Å². The van der Waals surface area contributed by atoms with Crippen molar-refractivity contribution in [2.45, 2.75) is 19.1 Å². The highest BCUT2D eigenvalue weighted by molar-refractivity contribution is 5.31. The lowest BCUT2D eigenvalue weighted by Gasteiger charge is -2.31. The first-order valence-electron chi connectivity index (χ1n) is 6.23. The minimum absolute atomic E-state index is 0.265. The molecule has 19 heavy (non-hydrogen) atoms. The average Bonchev–Trinajstić information content (AvgIpc) is 2.39. The van der Waals surface area contributed by atoms with Gasteiger partial charge >= 0.3 is 6.18 Å². The van der Waals surface area contributed by atoms with Crippen molar-refractivity contribution in [2.75, 3.05) is 26.3 Å². The predicted molar refractivity (Wildman–Crippen MR) is 65.4 cm³/mol. The van der Waals surface area contributed by atoms with Crippen LogP contribution in [0.3, 0.4) is 0 Å². The quantitative estimate of drug-likeness (QED) is 0.917. The Morgan fingerprint density at radius 1 is 1.21 bits per heavy atom. The van der Waals surface area contributed by atoms with Crippen LogP contribution in [-0.4, -0.2) is 31.3 Å². The molecule has 1 aliphatic rings. The van der Waals surface area contributed by atoms with E-state index in [4.69, 9.17) is 4.74 Å². The van der Waals surface area contributed by atoms with Crippen molar-refractivity contribution in [3.05, 3.63) is 35.4 Å². The minimum Gasteiger partial charge on any atom is -0.379 e. The lowest BCUT2D eigenvalue weighted by atomic mass is 10.0. The number of hydrogen-bond donors (Lipinski definition) is 1. The first kappa shape index (κ1) is 14.3. The van der Waals surface area contributed by atoms with Gasteiger partial charge in [-0.1, -0.05) is 18.2 Å². The Labute approximate surface area is 110 Å². The van der Waals surface area contributed by atoms with Crippen LogP contribution in [0.2, 0.25) is 0 Å². The second-order valence-corrected chi connectivity index (χ2v) is 4.54. The maximum absolute atomic E-state index is 12.9. The Bertz CT molecular complexity index is 417. The van der Waals surface area contributed by atoms with Gasteiger partial charge in [0.1, 0.15) is 0 Å². The van der Waals surface area contributed by atoms with Gasteiger partial charge in [-0.15, -0.1) is 0 Å². The molecule has 0 bridgehead atoms. The molecule has 0 spiro atoms. The van der Waals surface area contributed by atoms with Crippen molar-refractivity contribution in [1.29, 1.82) is 0 Å². The van der Waals surface area contributed by atoms with Crippen LogP contribution in [-0.2, 0) is 10.9 Å². The summed E-state index contributed by atoms with van der Waals surface area (Å²) >= 11 is 0. The van der Waals surface area contributed by atoms with Crippen LogP contribution in [0.15, 0.2) is 24.3 Å². The van der Waals surface area contributed by atoms with Crippen LogP contribution in [0.5, 0.6) is 0 Å². The summed E-state index contributed by atoms with van der Waals surface area (Å²) in [5.74, 6) is 0. The SMILES string of the molecule is CC(NN1CCOCC1)c1ccccc1C(F)(F)F. The number of morpholine rings is 1. The number of halogens is 3. The Morgan fingerprint density at radius 3 is 2.47 bits per heavy atom. The first-order valence-corrected chi connectivity index (χ1v) is 6.23. The van der Waals surface area contributed by atoms with Crippen LogP contribution >= 0.6 is 0 Å². The van der Waals surface area contributed by atoms with Gasteiger partial charge in [-0.2, -0.15) is 13.2 Å². The summed E-state index contributed by atoms with van der Waals surface area (Å²) in [7, 11) is 0. The topological polar surface area (TPSA) is 24.5 Å². The molecule has 1 aromatic carbocycles. The van der Waals surface area contributed by atoms with Crippen LogP contribution in [0, 0.1) is 0 Å². The molecule has 1 aliphatic heterocycles. The molecule has 2 rings (SSSR count). The van der Waals surface area contributed by atoms with E-state index in [0.717, 1.165) is 6.07 Å². The molecule has 106 valence electrons. The van der Waals surface area contributed by atoms with Gasteiger partial charge in [0.05, 0.1) is 18.8 Å². The summed E-state index contributed by atoms with van der Waals surface area (Å²) < 4.78 is 44.0. The van der Waals surface area contributed by atoms with Crippen LogP contribution in [0.4, 0.5) is 13.2 Å². The minimum atomic E-state index is -4.32. The van der Waals surface area contributed by atoms with Gasteiger partial charge in [-0.05, 0) is 18.6 Å². The predicted octanol–water partition coefficient (Wildman–Crippen LogP) is 2.60. The van der Waals surface area contributed by atoms with E-state index in [2.05, 4.69) is 5.43 Å². The van der Waals surface area contributed by atoms with E-state index >= 15 is 0 Å². The molecule has 0 aromatic heterocycles. The summed E-state index contributed by atoms with van der Waals surface area (Å²) in [6.07, 6.45) is -4.32. The maximum atomic E-state index is 12.9. The lowest BCUT2D eigenvalue weighted by molar-refractivity contribution is -0.138. The van der Waals surface area contributed by atoms with E-state index in [0.29, 0.717) is 26.3 Å². The number of ether oxygens (including phenoxy) is 1. The van der Waals surface area contributed by atoms with Crippen molar-refractivity contribution in [3.8, 4) is 0 Å². The van der Waals surface area contributed by atoms with Crippen LogP contribution in [0.1, 0.15) is 24.1 Å². The third-order valence-corrected chi connectivity index (χ3v) is 3.12. The van der Waals surface area contributed by atoms with E-state index in [9.17, 15) is 13.2 Å². The molecule has 0 amide bonds. The first-order chi connectivity index (χ1) is 8.98. The monoisotopic (exact) mass is 274 g/mol. The molecule has 0 aliphatic carbocycles. The Morgan fingerprint density at radius 2 is 1.84 bits per heavy atom. The zero-order valence-electron chi connectivity index (χ0n) is 10.7. The summed E-state index contributed by atoms with van der Waals surface area (Å²) in [4.78, 5) is 0. The second-order valence-electron chi connectivity index (χ2n) is 4.54. The van der Waals surface area contributed by atoms with Crippen molar-refractivity contribution in [3.63, 3.8) is 0 Å². The summed E-state index contributed by atoms with van der Waals surface area (Å²) in [6, 6.07) is 5.28. The third kappa shape index (κ3) is 3.68. The number of rotatable bonds is 3. The van der Waals surface area contributed by atoms with E-state index in [1.807, 2.05) is 5.01 Å². The van der Waals surface area contributed by atoms with Gasteiger partial charge in [-0.3, -0.25) is 0 Å². The number of benzene rings is 1. The number of hydrazine groups is 1. The van der Waals surface area contributed by atoms with Gasteiger partial charge in [0.25, 0.3) is 0 Å². The molecule has 0 saturated carbocycles. The van der Waals surface area contributed by atoms with Crippen LogP contribution in [0.25, 0.3) is 0 Å². The molecule has 3 nitrogen and oxygen atoms in total. The van der Waals surface area contributed by atoms with Crippen LogP contribution < -0.4 is 5.43 Å². The zero-order chi connectivity index (χ0) is 13.9. The molecule has 6 heteroatoms. The molecule has 1 saturated heterocycles. The normalized spacial score (nSPS) is 19.4. The zero-order valence-corrected chi connectivity index (χ0v) is 10.7. The van der Waals surface area contributed by atoms with Crippen molar-refractivity contribution >= 4 is 0 Å². The average molecular weight is 274 g/mol. The molecular formula is C13H17F3N2O. The van der Waals surface area contributed by atoms with E-state index < -0.39 is 17.8 Å². The fraction of sp³-hybridized carbons (Fsp3) is 0.538. The Kier molecular flexibility index (Phi) is 4.44. The number of alkyl halides is 3. The molecule has 0 radical (unpaired) electrons. The molecule has 1 heterocycles. The fourth-order valence-corrected chi connectivity index (χ4v) is 2.17. The highest BCUT2D eigenvalue weighted by Gasteiger charge is 2.34. The molecule has 1 aromatic rings. The summed E-state index contributed by atoms with van der Waals surface area (Å²) in [5.41, 5.74) is 2.79. The highest BCUT2D eigenvalue weighted by atomic mass is 19.4. The molecule has 1 unspecified atom stereocenters. The number of nitrogens with zero attached hydrogens (tertiary/aromatic N) is 1. The maximum Gasteiger partial charge on any atom is 0.416 e. The van der Waals surface area contributed by atoms with Gasteiger partial charge < -0.3 is 4.74 Å². The number of hydrogen-bond acceptors (Lipinski definition) is 3. The van der Waals surface area contributed by atoms with E-state index in [-0.39, 0.29) is 5.56 Å². The van der Waals surface area contributed by atoms with Gasteiger partial charge in [0, 0.05) is 19.1 Å². The van der Waals surface area contributed by atoms with Gasteiger partial charge in [0.15, 0.2) is 0 Å².